The molecule has 1 fully saturated rings. The number of hydrogen-bond donors (Lipinski definition) is 0. The van der Waals surface area contributed by atoms with Crippen molar-refractivity contribution < 1.29 is 4.74 Å². The van der Waals surface area contributed by atoms with Gasteiger partial charge in [0.2, 0.25) is 0 Å². The fraction of sp³-hybridized carbons (Fsp3) is 0.571. The van der Waals surface area contributed by atoms with Crippen molar-refractivity contribution in [2.24, 2.45) is 0 Å². The Morgan fingerprint density at radius 1 is 1.24 bits per heavy atom. The molecule has 0 spiro atoms. The molecule has 92 valence electrons. The molecule has 1 saturated heterocycles. The minimum absolute atomic E-state index is 0.387. The molecule has 2 aliphatic heterocycles. The van der Waals surface area contributed by atoms with Crippen LogP contribution in [0, 0.1) is 0 Å². The van der Waals surface area contributed by atoms with E-state index >= 15 is 0 Å². The topological polar surface area (TPSA) is 12.5 Å². The van der Waals surface area contributed by atoms with Gasteiger partial charge in [-0.3, -0.25) is 0 Å². The quantitative estimate of drug-likeness (QED) is 0.750. The van der Waals surface area contributed by atoms with E-state index in [0.717, 1.165) is 44.8 Å². The number of ether oxygens (including phenoxy) is 1. The van der Waals surface area contributed by atoms with E-state index in [2.05, 4.69) is 23.1 Å². The lowest BCUT2D eigenvalue weighted by Gasteiger charge is -2.30. The highest BCUT2D eigenvalue weighted by molar-refractivity contribution is 6.20. The van der Waals surface area contributed by atoms with Crippen molar-refractivity contribution in [3.05, 3.63) is 29.8 Å². The average Bonchev–Trinajstić information content (AvgIpc) is 2.76. The molecule has 0 saturated carbocycles. The predicted octanol–water partition coefficient (Wildman–Crippen LogP) is 2.87. The van der Waals surface area contributed by atoms with Crippen LogP contribution in [0.2, 0.25) is 0 Å². The highest BCUT2D eigenvalue weighted by Gasteiger charge is 2.27. The Labute approximate surface area is 108 Å². The Kier molecular flexibility index (Phi) is 3.26. The Hall–Kier alpha value is -0.730. The van der Waals surface area contributed by atoms with Gasteiger partial charge < -0.3 is 9.64 Å². The Bertz CT molecular complexity index is 388. The Morgan fingerprint density at radius 3 is 2.82 bits per heavy atom. The number of halogens is 1. The zero-order chi connectivity index (χ0) is 11.7. The van der Waals surface area contributed by atoms with E-state index in [-0.39, 0.29) is 0 Å². The highest BCUT2D eigenvalue weighted by Crippen LogP contribution is 2.34. The number of likely N-dealkylation sites (tertiary alicyclic amines) is 1. The second-order valence-corrected chi connectivity index (χ2v) is 5.64. The van der Waals surface area contributed by atoms with Crippen LogP contribution in [-0.2, 0) is 0 Å². The summed E-state index contributed by atoms with van der Waals surface area (Å²) in [5.74, 6) is 1.61. The lowest BCUT2D eigenvalue weighted by molar-refractivity contribution is 0.203. The van der Waals surface area contributed by atoms with Crippen molar-refractivity contribution in [2.75, 3.05) is 26.2 Å². The van der Waals surface area contributed by atoms with Gasteiger partial charge in [-0.2, -0.15) is 0 Å². The number of nitrogens with zero attached hydrogens (tertiary/aromatic N) is 1. The smallest absolute Gasteiger partial charge is 0.122 e. The van der Waals surface area contributed by atoms with E-state index in [0.29, 0.717) is 11.3 Å². The first-order valence-electron chi connectivity index (χ1n) is 6.41. The monoisotopic (exact) mass is 251 g/mol. The summed E-state index contributed by atoms with van der Waals surface area (Å²) in [5.41, 5.74) is 1.38. The van der Waals surface area contributed by atoms with E-state index in [4.69, 9.17) is 16.3 Å². The maximum Gasteiger partial charge on any atom is 0.122 e. The molecule has 0 aliphatic carbocycles. The van der Waals surface area contributed by atoms with Crippen molar-refractivity contribution >= 4 is 11.6 Å². The lowest BCUT2D eigenvalue weighted by atomic mass is 9.99. The van der Waals surface area contributed by atoms with E-state index in [1.165, 1.54) is 5.56 Å². The molecule has 0 bridgehead atoms. The van der Waals surface area contributed by atoms with Crippen molar-refractivity contribution in [1.82, 2.24) is 4.90 Å². The first kappa shape index (κ1) is 11.4. The molecule has 1 aromatic carbocycles. The van der Waals surface area contributed by atoms with Crippen LogP contribution in [0.5, 0.6) is 5.75 Å². The second kappa shape index (κ2) is 4.87. The van der Waals surface area contributed by atoms with Crippen LogP contribution in [-0.4, -0.2) is 36.5 Å². The van der Waals surface area contributed by atoms with Crippen LogP contribution in [0.1, 0.15) is 24.3 Å². The number of benzene rings is 1. The Balaban J connectivity index is 1.64. The summed E-state index contributed by atoms with van der Waals surface area (Å²) in [6.45, 7) is 4.21. The fourth-order valence-corrected chi connectivity index (χ4v) is 2.97. The SMILES string of the molecule is ClC1CCN(CC2COc3ccccc32)CC1. The van der Waals surface area contributed by atoms with Gasteiger partial charge in [-0.1, -0.05) is 18.2 Å². The van der Waals surface area contributed by atoms with Crippen molar-refractivity contribution in [3.63, 3.8) is 0 Å². The molecule has 0 radical (unpaired) electrons. The molecular formula is C14H18ClNO. The van der Waals surface area contributed by atoms with Crippen LogP contribution in [0.25, 0.3) is 0 Å². The number of piperidine rings is 1. The minimum Gasteiger partial charge on any atom is -0.493 e. The number of rotatable bonds is 2. The standard InChI is InChI=1S/C14H18ClNO/c15-12-5-7-16(8-6-12)9-11-10-17-14-4-2-1-3-13(11)14/h1-4,11-12H,5-10H2. The minimum atomic E-state index is 0.387. The molecule has 0 N–H and O–H groups in total. The maximum atomic E-state index is 6.13. The first-order chi connectivity index (χ1) is 8.33. The number of alkyl halides is 1. The highest BCUT2D eigenvalue weighted by atomic mass is 35.5. The lowest BCUT2D eigenvalue weighted by Crippen LogP contribution is -2.37. The van der Waals surface area contributed by atoms with Crippen LogP contribution in [0.15, 0.2) is 24.3 Å². The third-order valence-corrected chi connectivity index (χ3v) is 4.23. The number of fused-ring (bicyclic) bond motifs is 1. The van der Waals surface area contributed by atoms with Gasteiger partial charge in [0.15, 0.2) is 0 Å². The normalized spacial score (nSPS) is 25.6. The van der Waals surface area contributed by atoms with Gasteiger partial charge in [-0.15, -0.1) is 11.6 Å². The largest absolute Gasteiger partial charge is 0.493 e. The average molecular weight is 252 g/mol. The van der Waals surface area contributed by atoms with Crippen LogP contribution >= 0.6 is 11.6 Å². The van der Waals surface area contributed by atoms with Crippen LogP contribution in [0.3, 0.4) is 0 Å². The summed E-state index contributed by atoms with van der Waals surface area (Å²) in [4.78, 5) is 2.52. The van der Waals surface area contributed by atoms with Gasteiger partial charge in [0.05, 0.1) is 6.61 Å². The summed E-state index contributed by atoms with van der Waals surface area (Å²) in [5, 5.41) is 0.387. The number of para-hydroxylation sites is 1. The summed E-state index contributed by atoms with van der Waals surface area (Å²) >= 11 is 6.13. The van der Waals surface area contributed by atoms with Gasteiger partial charge in [0, 0.05) is 23.4 Å². The molecule has 1 aromatic rings. The van der Waals surface area contributed by atoms with E-state index in [9.17, 15) is 0 Å². The van der Waals surface area contributed by atoms with E-state index in [1.807, 2.05) is 6.07 Å². The van der Waals surface area contributed by atoms with Gasteiger partial charge in [-0.25, -0.2) is 0 Å². The predicted molar refractivity (Wildman–Crippen MR) is 70.0 cm³/mol. The van der Waals surface area contributed by atoms with Gasteiger partial charge in [-0.05, 0) is 32.0 Å². The summed E-state index contributed by atoms with van der Waals surface area (Å²) in [6.07, 6.45) is 2.24. The van der Waals surface area contributed by atoms with Crippen LogP contribution < -0.4 is 4.74 Å². The molecule has 3 heteroatoms. The van der Waals surface area contributed by atoms with Gasteiger partial charge >= 0.3 is 0 Å². The molecule has 3 rings (SSSR count). The third kappa shape index (κ3) is 2.43. The summed E-state index contributed by atoms with van der Waals surface area (Å²) in [6, 6.07) is 8.41. The third-order valence-electron chi connectivity index (χ3n) is 3.79. The zero-order valence-electron chi connectivity index (χ0n) is 9.94. The molecule has 2 nitrogen and oxygen atoms in total. The maximum absolute atomic E-state index is 6.13. The van der Waals surface area contributed by atoms with E-state index in [1.54, 1.807) is 0 Å². The molecule has 0 aromatic heterocycles. The van der Waals surface area contributed by atoms with E-state index < -0.39 is 0 Å². The molecular weight excluding hydrogens is 234 g/mol. The fourth-order valence-electron chi connectivity index (χ4n) is 2.78. The molecule has 1 unspecified atom stereocenters. The Morgan fingerprint density at radius 2 is 2.00 bits per heavy atom. The van der Waals surface area contributed by atoms with Gasteiger partial charge in [0.25, 0.3) is 0 Å². The summed E-state index contributed by atoms with van der Waals surface area (Å²) < 4.78 is 5.72. The van der Waals surface area contributed by atoms with Crippen molar-refractivity contribution in [3.8, 4) is 5.75 Å². The molecule has 17 heavy (non-hydrogen) atoms. The van der Waals surface area contributed by atoms with Crippen molar-refractivity contribution in [1.29, 1.82) is 0 Å². The first-order valence-corrected chi connectivity index (χ1v) is 6.85. The summed E-state index contributed by atoms with van der Waals surface area (Å²) in [7, 11) is 0. The van der Waals surface area contributed by atoms with Crippen LogP contribution in [0.4, 0.5) is 0 Å². The molecule has 0 amide bonds. The van der Waals surface area contributed by atoms with Gasteiger partial charge in [0.1, 0.15) is 5.75 Å². The zero-order valence-corrected chi connectivity index (χ0v) is 10.7. The number of hydrogen-bond acceptors (Lipinski definition) is 2. The second-order valence-electron chi connectivity index (χ2n) is 5.02. The van der Waals surface area contributed by atoms with Crippen molar-refractivity contribution in [2.45, 2.75) is 24.1 Å². The molecule has 1 atom stereocenters. The molecule has 2 heterocycles. The molecule has 2 aliphatic rings.